The van der Waals surface area contributed by atoms with Crippen LogP contribution in [0.2, 0.25) is 0 Å². The SMILES string of the molecule is CC(C)c1nn(-c2cccc(Br)c2)cc1N. The second kappa shape index (κ2) is 4.29. The van der Waals surface area contributed by atoms with Gasteiger partial charge in [-0.05, 0) is 24.1 Å². The summed E-state index contributed by atoms with van der Waals surface area (Å²) in [5.74, 6) is 0.341. The molecule has 1 aromatic heterocycles. The van der Waals surface area contributed by atoms with E-state index in [9.17, 15) is 0 Å². The molecule has 0 saturated carbocycles. The van der Waals surface area contributed by atoms with E-state index in [1.165, 1.54) is 0 Å². The predicted octanol–water partition coefficient (Wildman–Crippen LogP) is 3.34. The molecule has 0 fully saturated rings. The van der Waals surface area contributed by atoms with Crippen molar-refractivity contribution in [1.29, 1.82) is 0 Å². The van der Waals surface area contributed by atoms with Gasteiger partial charge in [0.15, 0.2) is 0 Å². The van der Waals surface area contributed by atoms with Gasteiger partial charge >= 0.3 is 0 Å². The molecule has 4 heteroatoms. The molecule has 0 saturated heterocycles. The highest BCUT2D eigenvalue weighted by atomic mass is 79.9. The van der Waals surface area contributed by atoms with E-state index in [1.54, 1.807) is 0 Å². The summed E-state index contributed by atoms with van der Waals surface area (Å²) in [5.41, 5.74) is 8.62. The fourth-order valence-corrected chi connectivity index (χ4v) is 1.99. The summed E-state index contributed by atoms with van der Waals surface area (Å²) in [6.07, 6.45) is 1.86. The average molecular weight is 280 g/mol. The number of hydrogen-bond donors (Lipinski definition) is 1. The largest absolute Gasteiger partial charge is 0.396 e. The second-order valence-corrected chi connectivity index (χ2v) is 4.96. The Bertz CT molecular complexity index is 503. The minimum Gasteiger partial charge on any atom is -0.396 e. The van der Waals surface area contributed by atoms with Crippen LogP contribution in [0, 0.1) is 0 Å². The van der Waals surface area contributed by atoms with Gasteiger partial charge in [0, 0.05) is 4.47 Å². The highest BCUT2D eigenvalue weighted by molar-refractivity contribution is 9.10. The van der Waals surface area contributed by atoms with Crippen LogP contribution in [0.1, 0.15) is 25.5 Å². The third kappa shape index (κ3) is 2.11. The van der Waals surface area contributed by atoms with Gasteiger partial charge in [-0.15, -0.1) is 0 Å². The number of halogens is 1. The van der Waals surface area contributed by atoms with Crippen LogP contribution in [0.25, 0.3) is 5.69 Å². The molecular weight excluding hydrogens is 266 g/mol. The Hall–Kier alpha value is -1.29. The van der Waals surface area contributed by atoms with Gasteiger partial charge in [0.1, 0.15) is 0 Å². The van der Waals surface area contributed by atoms with Crippen molar-refractivity contribution >= 4 is 21.6 Å². The lowest BCUT2D eigenvalue weighted by molar-refractivity contribution is 0.769. The summed E-state index contributed by atoms with van der Waals surface area (Å²) < 4.78 is 2.85. The maximum Gasteiger partial charge on any atom is 0.0883 e. The topological polar surface area (TPSA) is 43.8 Å². The number of rotatable bonds is 2. The molecule has 2 rings (SSSR count). The summed E-state index contributed by atoms with van der Waals surface area (Å²) >= 11 is 3.44. The molecule has 1 aromatic carbocycles. The standard InChI is InChI=1S/C12H14BrN3/c1-8(2)12-11(14)7-16(15-12)10-5-3-4-9(13)6-10/h3-8H,14H2,1-2H3. The van der Waals surface area contributed by atoms with Crippen LogP contribution in [0.15, 0.2) is 34.9 Å². The van der Waals surface area contributed by atoms with Crippen LogP contribution in [0.5, 0.6) is 0 Å². The van der Waals surface area contributed by atoms with E-state index >= 15 is 0 Å². The molecule has 0 aliphatic heterocycles. The summed E-state index contributed by atoms with van der Waals surface area (Å²) in [6, 6.07) is 7.98. The van der Waals surface area contributed by atoms with Crippen LogP contribution in [-0.4, -0.2) is 9.78 Å². The molecule has 0 spiro atoms. The number of aromatic nitrogens is 2. The predicted molar refractivity (Wildman–Crippen MR) is 69.8 cm³/mol. The number of nitrogens with two attached hydrogens (primary N) is 1. The monoisotopic (exact) mass is 279 g/mol. The van der Waals surface area contributed by atoms with Gasteiger partial charge in [-0.2, -0.15) is 5.10 Å². The van der Waals surface area contributed by atoms with E-state index in [-0.39, 0.29) is 0 Å². The molecule has 0 radical (unpaired) electrons. The van der Waals surface area contributed by atoms with Crippen molar-refractivity contribution in [2.45, 2.75) is 19.8 Å². The molecule has 0 aliphatic rings. The summed E-state index contributed by atoms with van der Waals surface area (Å²) in [4.78, 5) is 0. The first-order valence-corrected chi connectivity index (χ1v) is 5.98. The Kier molecular flexibility index (Phi) is 3.01. The van der Waals surface area contributed by atoms with Crippen LogP contribution in [0.3, 0.4) is 0 Å². The molecule has 0 unspecified atom stereocenters. The van der Waals surface area contributed by atoms with Crippen molar-refractivity contribution in [3.8, 4) is 5.69 Å². The van der Waals surface area contributed by atoms with Crippen LogP contribution in [-0.2, 0) is 0 Å². The highest BCUT2D eigenvalue weighted by Gasteiger charge is 2.10. The van der Waals surface area contributed by atoms with Crippen molar-refractivity contribution in [1.82, 2.24) is 9.78 Å². The zero-order valence-corrected chi connectivity index (χ0v) is 10.9. The maximum absolute atomic E-state index is 5.92. The Labute approximate surface area is 103 Å². The Morgan fingerprint density at radius 2 is 2.12 bits per heavy atom. The zero-order chi connectivity index (χ0) is 11.7. The van der Waals surface area contributed by atoms with Crippen LogP contribution >= 0.6 is 15.9 Å². The molecule has 0 aliphatic carbocycles. The van der Waals surface area contributed by atoms with Crippen molar-refractivity contribution in [2.24, 2.45) is 0 Å². The van der Waals surface area contributed by atoms with Gasteiger partial charge < -0.3 is 5.73 Å². The van der Waals surface area contributed by atoms with Gasteiger partial charge in [0.25, 0.3) is 0 Å². The summed E-state index contributed by atoms with van der Waals surface area (Å²) in [5, 5.41) is 4.49. The molecule has 1 heterocycles. The Morgan fingerprint density at radius 1 is 1.38 bits per heavy atom. The van der Waals surface area contributed by atoms with Crippen molar-refractivity contribution < 1.29 is 0 Å². The summed E-state index contributed by atoms with van der Waals surface area (Å²) in [6.45, 7) is 4.17. The molecule has 0 amide bonds. The van der Waals surface area contributed by atoms with E-state index in [1.807, 2.05) is 35.1 Å². The first kappa shape index (κ1) is 11.2. The van der Waals surface area contributed by atoms with Crippen LogP contribution in [0.4, 0.5) is 5.69 Å². The molecule has 84 valence electrons. The molecule has 0 bridgehead atoms. The molecule has 16 heavy (non-hydrogen) atoms. The number of nitrogens with zero attached hydrogens (tertiary/aromatic N) is 2. The number of nitrogen functional groups attached to an aromatic ring is 1. The van der Waals surface area contributed by atoms with E-state index in [2.05, 4.69) is 34.9 Å². The highest BCUT2D eigenvalue weighted by Crippen LogP contribution is 2.22. The van der Waals surface area contributed by atoms with E-state index in [0.29, 0.717) is 5.92 Å². The molecule has 2 N–H and O–H groups in total. The lowest BCUT2D eigenvalue weighted by Gasteiger charge is -2.02. The quantitative estimate of drug-likeness (QED) is 0.916. The van der Waals surface area contributed by atoms with Crippen molar-refractivity contribution in [3.05, 3.63) is 40.6 Å². The van der Waals surface area contributed by atoms with Crippen molar-refractivity contribution in [2.75, 3.05) is 5.73 Å². The lowest BCUT2D eigenvalue weighted by atomic mass is 10.1. The third-order valence-corrected chi connectivity index (χ3v) is 2.89. The normalized spacial score (nSPS) is 11.0. The van der Waals surface area contributed by atoms with Crippen molar-refractivity contribution in [3.63, 3.8) is 0 Å². The summed E-state index contributed by atoms with van der Waals surface area (Å²) in [7, 11) is 0. The first-order valence-electron chi connectivity index (χ1n) is 5.19. The number of hydrogen-bond acceptors (Lipinski definition) is 2. The third-order valence-electron chi connectivity index (χ3n) is 2.39. The fraction of sp³-hybridized carbons (Fsp3) is 0.250. The maximum atomic E-state index is 5.92. The minimum absolute atomic E-state index is 0.341. The van der Waals surface area contributed by atoms with Gasteiger partial charge in [-0.3, -0.25) is 0 Å². The van der Waals surface area contributed by atoms with Crippen LogP contribution < -0.4 is 5.73 Å². The second-order valence-electron chi connectivity index (χ2n) is 4.05. The van der Waals surface area contributed by atoms with E-state index in [0.717, 1.165) is 21.5 Å². The van der Waals surface area contributed by atoms with E-state index in [4.69, 9.17) is 5.73 Å². The Balaban J connectivity index is 2.45. The smallest absolute Gasteiger partial charge is 0.0883 e. The number of anilines is 1. The first-order chi connectivity index (χ1) is 7.58. The van der Waals surface area contributed by atoms with E-state index < -0.39 is 0 Å². The Morgan fingerprint density at radius 3 is 2.69 bits per heavy atom. The fourth-order valence-electron chi connectivity index (χ4n) is 1.60. The average Bonchev–Trinajstić information content (AvgIpc) is 2.60. The zero-order valence-electron chi connectivity index (χ0n) is 9.31. The molecule has 3 nitrogen and oxygen atoms in total. The molecular formula is C12H14BrN3. The van der Waals surface area contributed by atoms with Gasteiger partial charge in [0.2, 0.25) is 0 Å². The minimum atomic E-state index is 0.341. The van der Waals surface area contributed by atoms with Gasteiger partial charge in [0.05, 0.1) is 23.3 Å². The molecule has 0 atom stereocenters. The van der Waals surface area contributed by atoms with Gasteiger partial charge in [-0.25, -0.2) is 4.68 Å². The molecule has 2 aromatic rings. The van der Waals surface area contributed by atoms with Gasteiger partial charge in [-0.1, -0.05) is 35.8 Å². The number of benzene rings is 1. The lowest BCUT2D eigenvalue weighted by Crippen LogP contribution is -1.97.